The fourth-order valence-electron chi connectivity index (χ4n) is 4.32. The van der Waals surface area contributed by atoms with Crippen LogP contribution in [-0.2, 0) is 5.54 Å². The molecule has 178 valence electrons. The zero-order valence-corrected chi connectivity index (χ0v) is 19.0. The molecule has 2 aromatic rings. The SMILES string of the molecule is C#CCOc1cnc(C(=O)Nc2cc(F)c(F)c([C@@]3(C)N=C(N)S[C@@]4(C(F)F)CC43)c2)c(C)c1. The number of hydrogen-bond donors (Lipinski definition) is 2. The quantitative estimate of drug-likeness (QED) is 0.465. The average Bonchev–Trinajstić information content (AvgIpc) is 3.51. The minimum absolute atomic E-state index is 0.0285. The van der Waals surface area contributed by atoms with Crippen LogP contribution in [0.25, 0.3) is 0 Å². The van der Waals surface area contributed by atoms with Crippen molar-refractivity contribution in [3.63, 3.8) is 0 Å². The van der Waals surface area contributed by atoms with E-state index < -0.39 is 40.2 Å². The second-order valence-corrected chi connectivity index (χ2v) is 9.70. The molecule has 1 amide bonds. The fraction of sp³-hybridized carbons (Fsp3) is 0.348. The van der Waals surface area contributed by atoms with E-state index in [1.807, 2.05) is 0 Å². The molecule has 3 atom stereocenters. The molecule has 0 spiro atoms. The number of amidine groups is 1. The maximum atomic E-state index is 14.9. The van der Waals surface area contributed by atoms with E-state index in [2.05, 4.69) is 21.2 Å². The standard InChI is InChI=1S/C23H20F4N4O2S/c1-4-5-33-13-6-11(2)18(29-10-13)19(32)30-12-7-14(17(25)15(24)8-12)22(3)16-9-23(16,20(26)27)34-21(28)31-22/h1,6-8,10,16,20H,5,9H2,2-3H3,(H2,28,31)(H,30,32)/t16?,22-,23+/m1/s1. The van der Waals surface area contributed by atoms with Crippen molar-refractivity contribution in [3.8, 4) is 18.1 Å². The van der Waals surface area contributed by atoms with Gasteiger partial charge in [-0.25, -0.2) is 22.5 Å². The third kappa shape index (κ3) is 3.96. The number of terminal acetylenes is 1. The van der Waals surface area contributed by atoms with Gasteiger partial charge in [-0.2, -0.15) is 0 Å². The van der Waals surface area contributed by atoms with Crippen LogP contribution in [0.1, 0.15) is 35.0 Å². The number of nitrogens with one attached hydrogen (secondary N) is 1. The Balaban J connectivity index is 1.65. The molecule has 4 rings (SSSR count). The van der Waals surface area contributed by atoms with Gasteiger partial charge in [0.2, 0.25) is 0 Å². The number of anilines is 1. The summed E-state index contributed by atoms with van der Waals surface area (Å²) in [6.45, 7) is 3.09. The number of pyridine rings is 1. The molecule has 6 nitrogen and oxygen atoms in total. The summed E-state index contributed by atoms with van der Waals surface area (Å²) < 4.78 is 60.7. The van der Waals surface area contributed by atoms with Gasteiger partial charge in [0.05, 0.1) is 16.5 Å². The van der Waals surface area contributed by atoms with Crippen molar-refractivity contribution in [2.75, 3.05) is 11.9 Å². The molecule has 1 aliphatic heterocycles. The van der Waals surface area contributed by atoms with E-state index in [0.29, 0.717) is 11.3 Å². The summed E-state index contributed by atoms with van der Waals surface area (Å²) in [5.41, 5.74) is 4.42. The van der Waals surface area contributed by atoms with E-state index in [1.165, 1.54) is 19.2 Å². The number of benzene rings is 1. The van der Waals surface area contributed by atoms with Crippen molar-refractivity contribution >= 4 is 28.5 Å². The summed E-state index contributed by atoms with van der Waals surface area (Å²) in [6.07, 6.45) is 3.79. The molecule has 1 aromatic carbocycles. The van der Waals surface area contributed by atoms with E-state index in [4.69, 9.17) is 16.9 Å². The summed E-state index contributed by atoms with van der Waals surface area (Å²) in [6, 6.07) is 3.56. The van der Waals surface area contributed by atoms with Gasteiger partial charge in [0, 0.05) is 23.2 Å². The van der Waals surface area contributed by atoms with Crippen LogP contribution < -0.4 is 15.8 Å². The van der Waals surface area contributed by atoms with Gasteiger partial charge in [-0.15, -0.1) is 6.42 Å². The van der Waals surface area contributed by atoms with Gasteiger partial charge in [-0.1, -0.05) is 17.7 Å². The van der Waals surface area contributed by atoms with Gasteiger partial charge in [0.15, 0.2) is 16.8 Å². The first-order valence-electron chi connectivity index (χ1n) is 10.2. The number of aliphatic imine (C=N–C) groups is 1. The second kappa shape index (κ2) is 8.51. The van der Waals surface area contributed by atoms with E-state index in [-0.39, 0.29) is 35.1 Å². The zero-order chi connectivity index (χ0) is 24.8. The highest BCUT2D eigenvalue weighted by Crippen LogP contribution is 2.68. The lowest BCUT2D eigenvalue weighted by Gasteiger charge is -2.34. The lowest BCUT2D eigenvalue weighted by Crippen LogP contribution is -2.39. The molecule has 1 aromatic heterocycles. The number of alkyl halides is 2. The number of rotatable bonds is 6. The number of ether oxygens (including phenoxy) is 1. The highest BCUT2D eigenvalue weighted by atomic mass is 32.2. The number of fused-ring (bicyclic) bond motifs is 1. The van der Waals surface area contributed by atoms with Crippen LogP contribution in [0.3, 0.4) is 0 Å². The lowest BCUT2D eigenvalue weighted by molar-refractivity contribution is 0.102. The van der Waals surface area contributed by atoms with Crippen molar-refractivity contribution in [1.82, 2.24) is 4.98 Å². The third-order valence-corrected chi connectivity index (χ3v) is 7.37. The predicted octanol–water partition coefficient (Wildman–Crippen LogP) is 4.23. The van der Waals surface area contributed by atoms with Crippen molar-refractivity contribution < 1.29 is 27.1 Å². The number of nitrogens with zero attached hydrogens (tertiary/aromatic N) is 2. The molecule has 34 heavy (non-hydrogen) atoms. The van der Waals surface area contributed by atoms with Gasteiger partial charge in [-0.05, 0) is 38.0 Å². The summed E-state index contributed by atoms with van der Waals surface area (Å²) >= 11 is 0.760. The number of amides is 1. The lowest BCUT2D eigenvalue weighted by atomic mass is 9.85. The zero-order valence-electron chi connectivity index (χ0n) is 18.2. The molecule has 1 aliphatic carbocycles. The van der Waals surface area contributed by atoms with Gasteiger partial charge >= 0.3 is 0 Å². The van der Waals surface area contributed by atoms with Crippen molar-refractivity contribution in [1.29, 1.82) is 0 Å². The monoisotopic (exact) mass is 492 g/mol. The normalized spacial score (nSPS) is 25.2. The van der Waals surface area contributed by atoms with Crippen LogP contribution in [0.5, 0.6) is 5.75 Å². The molecular weight excluding hydrogens is 472 g/mol. The van der Waals surface area contributed by atoms with E-state index in [0.717, 1.165) is 17.8 Å². The Morgan fingerprint density at radius 3 is 2.79 bits per heavy atom. The molecule has 11 heteroatoms. The molecule has 3 N–H and O–H groups in total. The Hall–Kier alpha value is -3.26. The van der Waals surface area contributed by atoms with Crippen molar-refractivity contribution in [2.45, 2.75) is 37.0 Å². The molecular formula is C23H20F4N4O2S. The second-order valence-electron chi connectivity index (χ2n) is 8.32. The van der Waals surface area contributed by atoms with Crippen LogP contribution in [0.2, 0.25) is 0 Å². The van der Waals surface area contributed by atoms with E-state index in [1.54, 1.807) is 13.0 Å². The van der Waals surface area contributed by atoms with Gasteiger partial charge in [0.1, 0.15) is 18.1 Å². The maximum Gasteiger partial charge on any atom is 0.274 e. The molecule has 1 unspecified atom stereocenters. The molecule has 1 fully saturated rings. The maximum absolute atomic E-state index is 14.9. The summed E-state index contributed by atoms with van der Waals surface area (Å²) in [5.74, 6) is -1.24. The predicted molar refractivity (Wildman–Crippen MR) is 121 cm³/mol. The summed E-state index contributed by atoms with van der Waals surface area (Å²) in [5, 5.41) is 2.36. The molecule has 0 saturated heterocycles. The van der Waals surface area contributed by atoms with Crippen LogP contribution in [0, 0.1) is 36.8 Å². The minimum atomic E-state index is -2.71. The Morgan fingerprint density at radius 1 is 1.41 bits per heavy atom. The van der Waals surface area contributed by atoms with Crippen LogP contribution in [0.4, 0.5) is 23.2 Å². The Bertz CT molecular complexity index is 1250. The number of hydrogen-bond acceptors (Lipinski definition) is 6. The first kappa shape index (κ1) is 23.9. The third-order valence-electron chi connectivity index (χ3n) is 6.06. The Labute approximate surface area is 197 Å². The molecule has 2 heterocycles. The Morgan fingerprint density at radius 2 is 2.15 bits per heavy atom. The van der Waals surface area contributed by atoms with E-state index in [9.17, 15) is 22.4 Å². The number of aryl methyl sites for hydroxylation is 1. The van der Waals surface area contributed by atoms with Crippen LogP contribution in [0.15, 0.2) is 29.4 Å². The smallest absolute Gasteiger partial charge is 0.274 e. The number of carbonyl (C=O) groups excluding carboxylic acids is 1. The molecule has 2 aliphatic rings. The fourth-order valence-corrected chi connectivity index (χ4v) is 5.65. The van der Waals surface area contributed by atoms with Crippen LogP contribution >= 0.6 is 11.8 Å². The van der Waals surface area contributed by atoms with E-state index >= 15 is 0 Å². The number of aromatic nitrogens is 1. The summed E-state index contributed by atoms with van der Waals surface area (Å²) in [4.78, 5) is 21.1. The highest BCUT2D eigenvalue weighted by Gasteiger charge is 2.71. The van der Waals surface area contributed by atoms with Crippen molar-refractivity contribution in [3.05, 3.63) is 52.9 Å². The first-order chi connectivity index (χ1) is 16.0. The van der Waals surface area contributed by atoms with Gasteiger partial charge in [0.25, 0.3) is 12.3 Å². The number of nitrogens with two attached hydrogens (primary N) is 1. The number of halogens is 4. The Kier molecular flexibility index (Phi) is 5.97. The molecule has 0 bridgehead atoms. The summed E-state index contributed by atoms with van der Waals surface area (Å²) in [7, 11) is 0. The van der Waals surface area contributed by atoms with Crippen LogP contribution in [-0.4, -0.2) is 33.8 Å². The number of thioether (sulfide) groups is 1. The molecule has 1 saturated carbocycles. The van der Waals surface area contributed by atoms with Crippen molar-refractivity contribution in [2.24, 2.45) is 16.6 Å². The largest absolute Gasteiger partial charge is 0.479 e. The topological polar surface area (TPSA) is 89.6 Å². The minimum Gasteiger partial charge on any atom is -0.479 e. The molecule has 0 radical (unpaired) electrons. The van der Waals surface area contributed by atoms with Gasteiger partial charge in [-0.3, -0.25) is 9.79 Å². The highest BCUT2D eigenvalue weighted by molar-refractivity contribution is 8.15. The average molecular weight is 492 g/mol. The van der Waals surface area contributed by atoms with Gasteiger partial charge < -0.3 is 15.8 Å². The number of carbonyl (C=O) groups is 1. The first-order valence-corrected chi connectivity index (χ1v) is 11.0.